The zero-order valence-corrected chi connectivity index (χ0v) is 14.8. The molecule has 0 aromatic heterocycles. The molecule has 3 N–H and O–H groups in total. The smallest absolute Gasteiger partial charge is 0.337 e. The van der Waals surface area contributed by atoms with Crippen LogP contribution in [0.1, 0.15) is 35.2 Å². The summed E-state index contributed by atoms with van der Waals surface area (Å²) in [5, 5.41) is 2.94. The normalized spacial score (nSPS) is 23.0. The minimum absolute atomic E-state index is 0. The monoisotopic (exact) mass is 356 g/mol. The lowest BCUT2D eigenvalue weighted by Crippen LogP contribution is -2.45. The van der Waals surface area contributed by atoms with E-state index in [-0.39, 0.29) is 42.3 Å². The van der Waals surface area contributed by atoms with Crippen molar-refractivity contribution in [2.24, 2.45) is 11.7 Å². The number of hydrogen-bond acceptors (Lipinski definition) is 5. The number of halogens is 1. The van der Waals surface area contributed by atoms with Crippen molar-refractivity contribution in [3.63, 3.8) is 0 Å². The zero-order chi connectivity index (χ0) is 16.8. The second-order valence-corrected chi connectivity index (χ2v) is 5.85. The molecule has 1 amide bonds. The number of carbonyl (C=O) groups is 2. The molecule has 1 saturated carbocycles. The molecule has 3 atom stereocenters. The Bertz CT molecular complexity index is 550. The van der Waals surface area contributed by atoms with Gasteiger partial charge in [-0.1, -0.05) is 12.1 Å². The van der Waals surface area contributed by atoms with Gasteiger partial charge in [0, 0.05) is 25.6 Å². The van der Waals surface area contributed by atoms with E-state index in [1.807, 2.05) is 0 Å². The molecule has 134 valence electrons. The maximum absolute atomic E-state index is 12.3. The molecule has 2 rings (SSSR count). The summed E-state index contributed by atoms with van der Waals surface area (Å²) in [5.74, 6) is -0.408. The first kappa shape index (κ1) is 20.4. The highest BCUT2D eigenvalue weighted by molar-refractivity contribution is 5.89. The molecule has 1 aromatic carbocycles. The van der Waals surface area contributed by atoms with Crippen LogP contribution in [0.25, 0.3) is 0 Å². The number of ether oxygens (including phenoxy) is 2. The van der Waals surface area contributed by atoms with Gasteiger partial charge in [0.15, 0.2) is 0 Å². The van der Waals surface area contributed by atoms with Gasteiger partial charge in [-0.2, -0.15) is 0 Å². The summed E-state index contributed by atoms with van der Waals surface area (Å²) < 4.78 is 10.00. The first-order chi connectivity index (χ1) is 11.0. The molecule has 0 aliphatic heterocycles. The van der Waals surface area contributed by atoms with E-state index in [4.69, 9.17) is 10.5 Å². The van der Waals surface area contributed by atoms with Gasteiger partial charge in [-0.05, 0) is 37.0 Å². The molecule has 6 nitrogen and oxygen atoms in total. The summed E-state index contributed by atoms with van der Waals surface area (Å²) in [6, 6.07) is 7.00. The van der Waals surface area contributed by atoms with E-state index < -0.39 is 0 Å². The van der Waals surface area contributed by atoms with E-state index in [9.17, 15) is 9.59 Å². The van der Waals surface area contributed by atoms with Gasteiger partial charge in [0.2, 0.25) is 5.91 Å². The van der Waals surface area contributed by atoms with E-state index in [0.717, 1.165) is 18.4 Å². The molecular weight excluding hydrogens is 332 g/mol. The summed E-state index contributed by atoms with van der Waals surface area (Å²) in [4.78, 5) is 23.6. The number of rotatable bonds is 5. The quantitative estimate of drug-likeness (QED) is 0.783. The third-order valence-electron chi connectivity index (χ3n) is 4.36. The van der Waals surface area contributed by atoms with Gasteiger partial charge >= 0.3 is 5.97 Å². The van der Waals surface area contributed by atoms with E-state index in [1.54, 1.807) is 31.4 Å². The first-order valence-corrected chi connectivity index (χ1v) is 7.78. The van der Waals surface area contributed by atoms with Crippen molar-refractivity contribution in [2.45, 2.75) is 38.0 Å². The average Bonchev–Trinajstić information content (AvgIpc) is 2.59. The Hall–Kier alpha value is -1.63. The summed E-state index contributed by atoms with van der Waals surface area (Å²) in [7, 11) is 2.98. The highest BCUT2D eigenvalue weighted by Crippen LogP contribution is 2.25. The molecule has 1 fully saturated rings. The maximum atomic E-state index is 12.3. The zero-order valence-electron chi connectivity index (χ0n) is 14.0. The van der Waals surface area contributed by atoms with Gasteiger partial charge in [-0.25, -0.2) is 4.79 Å². The SMILES string of the molecule is COC(=O)c1ccc(CNC(=O)[C@H]2CC[C@@H](N)[C@H](OC)C2)cc1.Cl. The number of benzene rings is 1. The highest BCUT2D eigenvalue weighted by atomic mass is 35.5. The first-order valence-electron chi connectivity index (χ1n) is 7.78. The standard InChI is InChI=1S/C17H24N2O4.ClH/c1-22-15-9-13(7-8-14(15)18)16(20)19-10-11-3-5-12(6-4-11)17(21)23-2;/h3-6,13-15H,7-10,18H2,1-2H3,(H,19,20);1H/t13-,14+,15+;/m0./s1. The van der Waals surface area contributed by atoms with Crippen LogP contribution < -0.4 is 11.1 Å². The second kappa shape index (κ2) is 9.61. The number of nitrogens with one attached hydrogen (secondary N) is 1. The van der Waals surface area contributed by atoms with Crippen LogP contribution in [0.4, 0.5) is 0 Å². The Balaban J connectivity index is 0.00000288. The fourth-order valence-electron chi connectivity index (χ4n) is 2.87. The lowest BCUT2D eigenvalue weighted by atomic mass is 9.83. The van der Waals surface area contributed by atoms with Gasteiger partial charge in [0.25, 0.3) is 0 Å². The minimum atomic E-state index is -0.371. The van der Waals surface area contributed by atoms with Crippen LogP contribution in [0.2, 0.25) is 0 Å². The van der Waals surface area contributed by atoms with Crippen LogP contribution in [0, 0.1) is 5.92 Å². The van der Waals surface area contributed by atoms with Gasteiger partial charge in [-0.15, -0.1) is 12.4 Å². The summed E-state index contributed by atoms with van der Waals surface area (Å²) in [5.41, 5.74) is 7.40. The van der Waals surface area contributed by atoms with Crippen LogP contribution in [0.3, 0.4) is 0 Å². The molecule has 7 heteroatoms. The van der Waals surface area contributed by atoms with Gasteiger partial charge in [0.1, 0.15) is 0 Å². The molecule has 0 unspecified atom stereocenters. The third-order valence-corrected chi connectivity index (χ3v) is 4.36. The molecule has 0 spiro atoms. The molecule has 0 bridgehead atoms. The molecule has 24 heavy (non-hydrogen) atoms. The Morgan fingerprint density at radius 2 is 1.88 bits per heavy atom. The van der Waals surface area contributed by atoms with Crippen LogP contribution in [-0.2, 0) is 20.8 Å². The number of methoxy groups -OCH3 is 2. The second-order valence-electron chi connectivity index (χ2n) is 5.85. The van der Waals surface area contributed by atoms with E-state index in [2.05, 4.69) is 10.1 Å². The van der Waals surface area contributed by atoms with Crippen molar-refractivity contribution in [1.82, 2.24) is 5.32 Å². The summed E-state index contributed by atoms with van der Waals surface area (Å²) >= 11 is 0. The number of carbonyl (C=O) groups excluding carboxylic acids is 2. The Kier molecular flexibility index (Phi) is 8.18. The van der Waals surface area contributed by atoms with Crippen molar-refractivity contribution in [2.75, 3.05) is 14.2 Å². The minimum Gasteiger partial charge on any atom is -0.465 e. The van der Waals surface area contributed by atoms with Gasteiger partial charge in [0.05, 0.1) is 18.8 Å². The summed E-state index contributed by atoms with van der Waals surface area (Å²) in [6.07, 6.45) is 2.18. The van der Waals surface area contributed by atoms with Crippen LogP contribution >= 0.6 is 12.4 Å². The lowest BCUT2D eigenvalue weighted by molar-refractivity contribution is -0.128. The van der Waals surface area contributed by atoms with Crippen LogP contribution in [0.15, 0.2) is 24.3 Å². The Labute approximate surface area is 148 Å². The van der Waals surface area contributed by atoms with E-state index in [0.29, 0.717) is 18.5 Å². The van der Waals surface area contributed by atoms with Crippen molar-refractivity contribution in [1.29, 1.82) is 0 Å². The lowest BCUT2D eigenvalue weighted by Gasteiger charge is -2.32. The van der Waals surface area contributed by atoms with Crippen molar-refractivity contribution in [3.8, 4) is 0 Å². The van der Waals surface area contributed by atoms with Crippen LogP contribution in [0.5, 0.6) is 0 Å². The number of amides is 1. The van der Waals surface area contributed by atoms with Gasteiger partial charge < -0.3 is 20.5 Å². The number of hydrogen-bond donors (Lipinski definition) is 2. The largest absolute Gasteiger partial charge is 0.465 e. The van der Waals surface area contributed by atoms with Crippen molar-refractivity contribution < 1.29 is 19.1 Å². The topological polar surface area (TPSA) is 90.7 Å². The van der Waals surface area contributed by atoms with Crippen molar-refractivity contribution >= 4 is 24.3 Å². The summed E-state index contributed by atoms with van der Waals surface area (Å²) in [6.45, 7) is 0.431. The number of nitrogens with two attached hydrogens (primary N) is 1. The fourth-order valence-corrected chi connectivity index (χ4v) is 2.87. The highest BCUT2D eigenvalue weighted by Gasteiger charge is 2.31. The maximum Gasteiger partial charge on any atom is 0.337 e. The predicted molar refractivity (Wildman–Crippen MR) is 93.0 cm³/mol. The van der Waals surface area contributed by atoms with E-state index >= 15 is 0 Å². The molecule has 1 aromatic rings. The number of esters is 1. The predicted octanol–water partition coefficient (Wildman–Crippen LogP) is 1.65. The molecule has 1 aliphatic carbocycles. The molecule has 1 aliphatic rings. The Morgan fingerprint density at radius 3 is 2.46 bits per heavy atom. The Morgan fingerprint density at radius 1 is 1.21 bits per heavy atom. The van der Waals surface area contributed by atoms with Crippen molar-refractivity contribution in [3.05, 3.63) is 35.4 Å². The van der Waals surface area contributed by atoms with Crippen LogP contribution in [-0.4, -0.2) is 38.2 Å². The fraction of sp³-hybridized carbons (Fsp3) is 0.529. The molecule has 0 radical (unpaired) electrons. The molecule has 0 saturated heterocycles. The molecular formula is C17H25ClN2O4. The average molecular weight is 357 g/mol. The molecule has 0 heterocycles. The third kappa shape index (κ3) is 5.19. The van der Waals surface area contributed by atoms with E-state index in [1.165, 1.54) is 7.11 Å². The van der Waals surface area contributed by atoms with Gasteiger partial charge in [-0.3, -0.25) is 4.79 Å².